The maximum absolute atomic E-state index is 13.1. The Bertz CT molecular complexity index is 563. The lowest BCUT2D eigenvalue weighted by Crippen LogP contribution is -2.44. The molecule has 1 aromatic carbocycles. The second-order valence-electron chi connectivity index (χ2n) is 7.04. The van der Waals surface area contributed by atoms with Crippen LogP contribution in [0.1, 0.15) is 37.7 Å². The van der Waals surface area contributed by atoms with E-state index in [-0.39, 0.29) is 23.9 Å². The molecule has 1 spiro atoms. The van der Waals surface area contributed by atoms with Crippen LogP contribution in [0.3, 0.4) is 0 Å². The van der Waals surface area contributed by atoms with Crippen LogP contribution in [0, 0.1) is 5.82 Å². The second kappa shape index (κ2) is 7.62. The molecular weight excluding hydrogens is 307 g/mol. The molecule has 2 aliphatic heterocycles. The quantitative estimate of drug-likeness (QED) is 0.849. The number of rotatable bonds is 4. The molecule has 0 aromatic heterocycles. The number of hydrogen-bond donors (Lipinski definition) is 0. The molecule has 0 N–H and O–H groups in total. The van der Waals surface area contributed by atoms with Gasteiger partial charge in [-0.15, -0.1) is 0 Å². The lowest BCUT2D eigenvalue weighted by molar-refractivity contribution is -0.135. The van der Waals surface area contributed by atoms with Crippen LogP contribution in [-0.4, -0.2) is 54.6 Å². The van der Waals surface area contributed by atoms with Gasteiger partial charge >= 0.3 is 0 Å². The zero-order valence-corrected chi connectivity index (χ0v) is 14.5. The SMILES string of the molecule is COCC(=O)N1CCCC2(CCCN2Cc2ccc(F)cc2)CC1. The average molecular weight is 334 g/mol. The summed E-state index contributed by atoms with van der Waals surface area (Å²) in [5, 5.41) is 0. The maximum Gasteiger partial charge on any atom is 0.248 e. The number of methoxy groups -OCH3 is 1. The van der Waals surface area contributed by atoms with Crippen LogP contribution in [0.15, 0.2) is 24.3 Å². The van der Waals surface area contributed by atoms with E-state index >= 15 is 0 Å². The Morgan fingerprint density at radius 2 is 1.83 bits per heavy atom. The van der Waals surface area contributed by atoms with Gasteiger partial charge in [-0.1, -0.05) is 12.1 Å². The molecular formula is C19H27FN2O2. The molecule has 132 valence electrons. The highest BCUT2D eigenvalue weighted by Crippen LogP contribution is 2.39. The number of carbonyl (C=O) groups excluding carboxylic acids is 1. The van der Waals surface area contributed by atoms with Crippen LogP contribution in [-0.2, 0) is 16.1 Å². The summed E-state index contributed by atoms with van der Waals surface area (Å²) in [7, 11) is 1.57. The Hall–Kier alpha value is -1.46. The van der Waals surface area contributed by atoms with Crippen molar-refractivity contribution < 1.29 is 13.9 Å². The van der Waals surface area contributed by atoms with Crippen LogP contribution in [0.25, 0.3) is 0 Å². The van der Waals surface area contributed by atoms with Crippen molar-refractivity contribution in [1.82, 2.24) is 9.80 Å². The predicted octanol–water partition coefficient (Wildman–Crippen LogP) is 2.82. The largest absolute Gasteiger partial charge is 0.375 e. The fraction of sp³-hybridized carbons (Fsp3) is 0.632. The van der Waals surface area contributed by atoms with Gasteiger partial charge in [0.05, 0.1) is 0 Å². The van der Waals surface area contributed by atoms with Gasteiger partial charge in [0.1, 0.15) is 12.4 Å². The van der Waals surface area contributed by atoms with E-state index in [4.69, 9.17) is 4.74 Å². The normalized spacial score (nSPS) is 25.2. The number of hydrogen-bond acceptors (Lipinski definition) is 3. The van der Waals surface area contributed by atoms with Gasteiger partial charge in [0.2, 0.25) is 5.91 Å². The smallest absolute Gasteiger partial charge is 0.248 e. The van der Waals surface area contributed by atoms with Crippen molar-refractivity contribution in [3.63, 3.8) is 0 Å². The fourth-order valence-corrected chi connectivity index (χ4v) is 4.26. The molecule has 1 amide bonds. The first-order valence-corrected chi connectivity index (χ1v) is 8.89. The topological polar surface area (TPSA) is 32.8 Å². The third kappa shape index (κ3) is 3.78. The van der Waals surface area contributed by atoms with E-state index in [1.165, 1.54) is 25.0 Å². The summed E-state index contributed by atoms with van der Waals surface area (Å²) in [4.78, 5) is 16.6. The van der Waals surface area contributed by atoms with Crippen LogP contribution in [0.5, 0.6) is 0 Å². The maximum atomic E-state index is 13.1. The molecule has 1 unspecified atom stereocenters. The minimum Gasteiger partial charge on any atom is -0.375 e. The number of nitrogens with zero attached hydrogens (tertiary/aromatic N) is 2. The molecule has 0 bridgehead atoms. The van der Waals surface area contributed by atoms with Crippen LogP contribution >= 0.6 is 0 Å². The Balaban J connectivity index is 1.67. The second-order valence-corrected chi connectivity index (χ2v) is 7.04. The number of amides is 1. The molecule has 24 heavy (non-hydrogen) atoms. The minimum atomic E-state index is -0.184. The summed E-state index contributed by atoms with van der Waals surface area (Å²) in [6.07, 6.45) is 5.58. The summed E-state index contributed by atoms with van der Waals surface area (Å²) < 4.78 is 18.1. The molecule has 2 saturated heterocycles. The van der Waals surface area contributed by atoms with Gasteiger partial charge in [0, 0.05) is 32.3 Å². The minimum absolute atomic E-state index is 0.0950. The summed E-state index contributed by atoms with van der Waals surface area (Å²) in [5.41, 5.74) is 1.35. The zero-order valence-electron chi connectivity index (χ0n) is 14.5. The van der Waals surface area contributed by atoms with Gasteiger partial charge in [-0.2, -0.15) is 0 Å². The molecule has 4 nitrogen and oxygen atoms in total. The molecule has 5 heteroatoms. The van der Waals surface area contributed by atoms with Crippen molar-refractivity contribution in [2.45, 2.75) is 44.2 Å². The summed E-state index contributed by atoms with van der Waals surface area (Å²) >= 11 is 0. The molecule has 2 fully saturated rings. The predicted molar refractivity (Wildman–Crippen MR) is 91.1 cm³/mol. The van der Waals surface area contributed by atoms with Crippen LogP contribution in [0.4, 0.5) is 4.39 Å². The molecule has 0 aliphatic carbocycles. The average Bonchev–Trinajstić information content (AvgIpc) is 2.81. The number of carbonyl (C=O) groups is 1. The van der Waals surface area contributed by atoms with E-state index in [0.29, 0.717) is 0 Å². The molecule has 2 aliphatic rings. The Labute approximate surface area is 143 Å². The Morgan fingerprint density at radius 3 is 2.54 bits per heavy atom. The van der Waals surface area contributed by atoms with Gasteiger partial charge in [-0.05, 0) is 56.3 Å². The molecule has 0 radical (unpaired) electrons. The van der Waals surface area contributed by atoms with E-state index < -0.39 is 0 Å². The summed E-state index contributed by atoms with van der Waals surface area (Å²) in [5.74, 6) is -0.0886. The zero-order chi connectivity index (χ0) is 17.0. The first kappa shape index (κ1) is 17.4. The molecule has 0 saturated carbocycles. The van der Waals surface area contributed by atoms with Crippen molar-refractivity contribution in [3.8, 4) is 0 Å². The lowest BCUT2D eigenvalue weighted by atomic mass is 9.87. The highest BCUT2D eigenvalue weighted by molar-refractivity contribution is 5.77. The molecule has 2 heterocycles. The van der Waals surface area contributed by atoms with Crippen molar-refractivity contribution in [2.24, 2.45) is 0 Å². The number of ether oxygens (including phenoxy) is 1. The standard InChI is InChI=1S/C19H27FN2O2/c1-24-15-18(23)21-11-2-8-19(10-13-21)9-3-12-22(19)14-16-4-6-17(20)7-5-16/h4-7H,2-3,8-15H2,1H3. The summed E-state index contributed by atoms with van der Waals surface area (Å²) in [6, 6.07) is 6.84. The summed E-state index contributed by atoms with van der Waals surface area (Å²) in [6.45, 7) is 3.76. The number of benzene rings is 1. The fourth-order valence-electron chi connectivity index (χ4n) is 4.26. The molecule has 1 atom stereocenters. The third-order valence-electron chi connectivity index (χ3n) is 5.57. The number of likely N-dealkylation sites (tertiary alicyclic amines) is 2. The molecule has 1 aromatic rings. The number of halogens is 1. The Kier molecular flexibility index (Phi) is 5.51. The van der Waals surface area contributed by atoms with Gasteiger partial charge in [0.15, 0.2) is 0 Å². The molecule has 3 rings (SSSR count). The van der Waals surface area contributed by atoms with Crippen molar-refractivity contribution in [2.75, 3.05) is 33.4 Å². The Morgan fingerprint density at radius 1 is 1.12 bits per heavy atom. The monoisotopic (exact) mass is 334 g/mol. The van der Waals surface area contributed by atoms with Crippen molar-refractivity contribution >= 4 is 5.91 Å². The van der Waals surface area contributed by atoms with Gasteiger partial charge in [0.25, 0.3) is 0 Å². The van der Waals surface area contributed by atoms with Crippen LogP contribution < -0.4 is 0 Å². The van der Waals surface area contributed by atoms with Crippen molar-refractivity contribution in [3.05, 3.63) is 35.6 Å². The van der Waals surface area contributed by atoms with E-state index in [1.54, 1.807) is 7.11 Å². The highest BCUT2D eigenvalue weighted by Gasteiger charge is 2.41. The van der Waals surface area contributed by atoms with Crippen molar-refractivity contribution in [1.29, 1.82) is 0 Å². The van der Waals surface area contributed by atoms with E-state index in [9.17, 15) is 9.18 Å². The van der Waals surface area contributed by atoms with E-state index in [1.807, 2.05) is 17.0 Å². The van der Waals surface area contributed by atoms with Crippen LogP contribution in [0.2, 0.25) is 0 Å². The highest BCUT2D eigenvalue weighted by atomic mass is 19.1. The van der Waals surface area contributed by atoms with Gasteiger partial charge < -0.3 is 9.64 Å². The van der Waals surface area contributed by atoms with Gasteiger partial charge in [-0.3, -0.25) is 9.69 Å². The third-order valence-corrected chi connectivity index (χ3v) is 5.57. The van der Waals surface area contributed by atoms with Gasteiger partial charge in [-0.25, -0.2) is 4.39 Å². The first-order valence-electron chi connectivity index (χ1n) is 8.89. The first-order chi connectivity index (χ1) is 11.6. The van der Waals surface area contributed by atoms with E-state index in [0.717, 1.165) is 51.0 Å². The van der Waals surface area contributed by atoms with E-state index in [2.05, 4.69) is 4.90 Å². The lowest BCUT2D eigenvalue weighted by Gasteiger charge is -2.38.